The van der Waals surface area contributed by atoms with Crippen LogP contribution < -0.4 is 11.1 Å². The van der Waals surface area contributed by atoms with Gasteiger partial charge in [0.25, 0.3) is 18.2 Å². The Balaban J connectivity index is 1.49. The van der Waals surface area contributed by atoms with Crippen LogP contribution in [0.15, 0.2) is 42.9 Å². The van der Waals surface area contributed by atoms with Crippen molar-refractivity contribution in [1.82, 2.24) is 29.4 Å². The van der Waals surface area contributed by atoms with Gasteiger partial charge in [0, 0.05) is 45.2 Å². The zero-order chi connectivity index (χ0) is 29.0. The first-order valence-electron chi connectivity index (χ1n) is 12.5. The number of amides is 2. The lowest BCUT2D eigenvalue weighted by atomic mass is 10.1. The number of aromatic nitrogens is 6. The number of thiophene rings is 2. The molecule has 0 aliphatic heterocycles. The van der Waals surface area contributed by atoms with Crippen molar-refractivity contribution in [2.45, 2.75) is 33.7 Å². The molecule has 3 N–H and O–H groups in total. The standard InChI is InChI=1S/C27H22F2N8O2S2/c1-4-36-11-16(13(3)35-36)18-7-8-31-25-15(10-32-37(18)25)26(39)34-21-20-14(19-6-5-12(2)40-19)9-17(23(28)29)33-27(20)41-22(21)24(30)38/h5-11,23H,4H2,1-3H3,(H2,30,38)(H,34,39). The van der Waals surface area contributed by atoms with Crippen molar-refractivity contribution in [3.05, 3.63) is 69.6 Å². The lowest BCUT2D eigenvalue weighted by Gasteiger charge is -2.10. The van der Waals surface area contributed by atoms with Gasteiger partial charge in [-0.15, -0.1) is 22.7 Å². The number of anilines is 1. The van der Waals surface area contributed by atoms with E-state index >= 15 is 0 Å². The fraction of sp³-hybridized carbons (Fsp3) is 0.185. The highest BCUT2D eigenvalue weighted by molar-refractivity contribution is 7.21. The van der Waals surface area contributed by atoms with Gasteiger partial charge < -0.3 is 11.1 Å². The van der Waals surface area contributed by atoms with Gasteiger partial charge in [-0.2, -0.15) is 10.2 Å². The second-order valence-electron chi connectivity index (χ2n) is 9.22. The third-order valence-electron chi connectivity index (χ3n) is 6.57. The average Bonchev–Trinajstić information content (AvgIpc) is 3.73. The molecule has 0 atom stereocenters. The minimum atomic E-state index is -2.83. The molecule has 6 rings (SSSR count). The number of hydrogen-bond donors (Lipinski definition) is 2. The molecule has 2 amide bonds. The van der Waals surface area contributed by atoms with E-state index in [1.807, 2.05) is 33.0 Å². The van der Waals surface area contributed by atoms with E-state index in [0.717, 1.165) is 27.5 Å². The van der Waals surface area contributed by atoms with Crippen molar-refractivity contribution < 1.29 is 18.4 Å². The molecule has 6 heterocycles. The van der Waals surface area contributed by atoms with Gasteiger partial charge in [-0.3, -0.25) is 14.3 Å². The quantitative estimate of drug-likeness (QED) is 0.239. The summed E-state index contributed by atoms with van der Waals surface area (Å²) < 4.78 is 30.9. The average molecular weight is 593 g/mol. The highest BCUT2D eigenvalue weighted by Gasteiger charge is 2.27. The molecule has 0 saturated carbocycles. The maximum absolute atomic E-state index is 13.8. The van der Waals surface area contributed by atoms with Crippen LogP contribution in [0.3, 0.4) is 0 Å². The maximum Gasteiger partial charge on any atom is 0.280 e. The summed E-state index contributed by atoms with van der Waals surface area (Å²) in [7, 11) is 0. The summed E-state index contributed by atoms with van der Waals surface area (Å²) in [5, 5.41) is 12.1. The molecule has 0 aliphatic carbocycles. The van der Waals surface area contributed by atoms with E-state index in [9.17, 15) is 18.4 Å². The third-order valence-corrected chi connectivity index (χ3v) is 8.70. The SMILES string of the molecule is CCn1cc(-c2ccnc3c(C(=O)Nc4c(C(N)=O)sc5nc(C(F)F)cc(-c6ccc(C)s6)c45)cnn23)c(C)n1. The Kier molecular flexibility index (Phi) is 6.58. The number of rotatable bonds is 7. The molecule has 0 fully saturated rings. The lowest BCUT2D eigenvalue weighted by molar-refractivity contribution is 0.100. The van der Waals surface area contributed by atoms with Crippen molar-refractivity contribution in [2.24, 2.45) is 5.73 Å². The number of nitrogens with two attached hydrogens (primary N) is 1. The topological polar surface area (TPSA) is 133 Å². The Morgan fingerprint density at radius 1 is 1.15 bits per heavy atom. The van der Waals surface area contributed by atoms with Crippen LogP contribution in [0, 0.1) is 13.8 Å². The predicted molar refractivity (Wildman–Crippen MR) is 154 cm³/mol. The number of carbonyl (C=O) groups is 2. The van der Waals surface area contributed by atoms with E-state index < -0.39 is 23.9 Å². The summed E-state index contributed by atoms with van der Waals surface area (Å²) in [5.74, 6) is -1.42. The molecular formula is C27H22F2N8O2S2. The van der Waals surface area contributed by atoms with E-state index in [2.05, 4.69) is 25.5 Å². The highest BCUT2D eigenvalue weighted by Crippen LogP contribution is 2.44. The number of fused-ring (bicyclic) bond motifs is 2. The Bertz CT molecular complexity index is 1990. The molecule has 0 aromatic carbocycles. The van der Waals surface area contributed by atoms with Gasteiger partial charge in [0.05, 0.1) is 23.3 Å². The first-order chi connectivity index (χ1) is 19.7. The van der Waals surface area contributed by atoms with Crippen molar-refractivity contribution in [1.29, 1.82) is 0 Å². The van der Waals surface area contributed by atoms with Crippen molar-refractivity contribution in [2.75, 3.05) is 5.32 Å². The van der Waals surface area contributed by atoms with Crippen LogP contribution in [0.1, 0.15) is 49.6 Å². The second-order valence-corrected chi connectivity index (χ2v) is 11.5. The highest BCUT2D eigenvalue weighted by atomic mass is 32.1. The summed E-state index contributed by atoms with van der Waals surface area (Å²) in [6, 6.07) is 6.73. The second kappa shape index (κ2) is 10.1. The Hall–Kier alpha value is -4.56. The largest absolute Gasteiger partial charge is 0.365 e. The molecule has 14 heteroatoms. The summed E-state index contributed by atoms with van der Waals surface area (Å²) >= 11 is 2.25. The van der Waals surface area contributed by atoms with Crippen LogP contribution in [0.2, 0.25) is 0 Å². The van der Waals surface area contributed by atoms with Gasteiger partial charge >= 0.3 is 0 Å². The Morgan fingerprint density at radius 2 is 1.95 bits per heavy atom. The normalized spacial score (nSPS) is 11.7. The molecule has 6 aromatic rings. The fourth-order valence-electron chi connectivity index (χ4n) is 4.66. The number of nitrogens with one attached hydrogen (secondary N) is 1. The number of nitrogens with zero attached hydrogens (tertiary/aromatic N) is 6. The van der Waals surface area contributed by atoms with Crippen LogP contribution in [0.25, 0.3) is 37.6 Å². The zero-order valence-electron chi connectivity index (χ0n) is 22.0. The van der Waals surface area contributed by atoms with Crippen LogP contribution in [-0.2, 0) is 6.54 Å². The first kappa shape index (κ1) is 26.7. The summed E-state index contributed by atoms with van der Waals surface area (Å²) in [4.78, 5) is 36.4. The van der Waals surface area contributed by atoms with Crippen LogP contribution in [-0.4, -0.2) is 41.2 Å². The van der Waals surface area contributed by atoms with E-state index in [1.54, 1.807) is 27.5 Å². The summed E-state index contributed by atoms with van der Waals surface area (Å²) in [6.07, 6.45) is 2.03. The molecule has 41 heavy (non-hydrogen) atoms. The monoisotopic (exact) mass is 592 g/mol. The van der Waals surface area contributed by atoms with E-state index in [-0.39, 0.29) is 26.6 Å². The fourth-order valence-corrected chi connectivity index (χ4v) is 6.57. The van der Waals surface area contributed by atoms with Gasteiger partial charge in [0.2, 0.25) is 0 Å². The molecule has 10 nitrogen and oxygen atoms in total. The number of halogens is 2. The van der Waals surface area contributed by atoms with E-state index in [1.165, 1.54) is 23.6 Å². The lowest BCUT2D eigenvalue weighted by Crippen LogP contribution is -2.17. The zero-order valence-corrected chi connectivity index (χ0v) is 23.6. The number of alkyl halides is 2. The molecule has 0 saturated heterocycles. The van der Waals surface area contributed by atoms with Gasteiger partial charge in [-0.25, -0.2) is 23.3 Å². The Morgan fingerprint density at radius 3 is 2.61 bits per heavy atom. The van der Waals surface area contributed by atoms with Crippen molar-refractivity contribution in [3.63, 3.8) is 0 Å². The smallest absolute Gasteiger partial charge is 0.280 e. The van der Waals surface area contributed by atoms with Crippen molar-refractivity contribution in [3.8, 4) is 21.7 Å². The molecule has 0 radical (unpaired) electrons. The molecular weight excluding hydrogens is 570 g/mol. The molecule has 0 bridgehead atoms. The Labute approximate surface area is 239 Å². The predicted octanol–water partition coefficient (Wildman–Crippen LogP) is 5.86. The number of primary amides is 1. The van der Waals surface area contributed by atoms with E-state index in [0.29, 0.717) is 28.1 Å². The van der Waals surface area contributed by atoms with Crippen LogP contribution in [0.5, 0.6) is 0 Å². The molecule has 0 unspecified atom stereocenters. The number of pyridine rings is 1. The molecule has 6 aromatic heterocycles. The van der Waals surface area contributed by atoms with E-state index in [4.69, 9.17) is 5.73 Å². The summed E-state index contributed by atoms with van der Waals surface area (Å²) in [5.41, 5.74) is 8.53. The minimum absolute atomic E-state index is 0.00507. The van der Waals surface area contributed by atoms with Gasteiger partial charge in [-0.05, 0) is 45.0 Å². The summed E-state index contributed by atoms with van der Waals surface area (Å²) in [6.45, 7) is 6.46. The first-order valence-corrected chi connectivity index (χ1v) is 14.1. The number of aryl methyl sites for hydroxylation is 3. The molecule has 0 aliphatic rings. The molecule has 0 spiro atoms. The maximum atomic E-state index is 13.8. The third kappa shape index (κ3) is 4.54. The van der Waals surface area contributed by atoms with Gasteiger partial charge in [-0.1, -0.05) is 0 Å². The van der Waals surface area contributed by atoms with Crippen LogP contribution >= 0.6 is 22.7 Å². The minimum Gasteiger partial charge on any atom is -0.365 e. The van der Waals surface area contributed by atoms with Gasteiger partial charge in [0.1, 0.15) is 21.0 Å². The number of carbonyl (C=O) groups excluding carboxylic acids is 2. The molecule has 208 valence electrons. The van der Waals surface area contributed by atoms with Crippen molar-refractivity contribution >= 4 is 56.0 Å². The van der Waals surface area contributed by atoms with Crippen LogP contribution in [0.4, 0.5) is 14.5 Å². The van der Waals surface area contributed by atoms with Gasteiger partial charge in [0.15, 0.2) is 5.65 Å². The number of hydrogen-bond acceptors (Lipinski definition) is 8.